The molecule has 2 heterocycles. The van der Waals surface area contributed by atoms with Gasteiger partial charge in [-0.25, -0.2) is 0 Å². The number of hydrogen-bond donors (Lipinski definition) is 2. The molecule has 0 spiro atoms. The maximum Gasteiger partial charge on any atom is 0.113 e. The summed E-state index contributed by atoms with van der Waals surface area (Å²) >= 11 is 0. The van der Waals surface area contributed by atoms with E-state index in [-0.39, 0.29) is 0 Å². The second-order valence-corrected chi connectivity index (χ2v) is 4.45. The summed E-state index contributed by atoms with van der Waals surface area (Å²) in [6.45, 7) is 0. The Bertz CT molecular complexity index is 768. The van der Waals surface area contributed by atoms with Crippen molar-refractivity contribution in [2.24, 2.45) is 0 Å². The standard InChI is InChI=1S/C12H6N6/c1-5-6(2-10-9(1)13-17-14-10)8-4-12-11(3-7(5)8)15-18-16-12/h1-4H,(H,13,14,17)(H,15,16,18). The Kier molecular flexibility index (Phi) is 1.19. The van der Waals surface area contributed by atoms with E-state index in [0.29, 0.717) is 0 Å². The van der Waals surface area contributed by atoms with Crippen molar-refractivity contribution in [2.45, 2.75) is 0 Å². The maximum atomic E-state index is 4.04. The molecule has 84 valence electrons. The largest absolute Gasteiger partial charge is 0.258 e. The molecule has 0 saturated carbocycles. The summed E-state index contributed by atoms with van der Waals surface area (Å²) in [5, 5.41) is 21.5. The fraction of sp³-hybridized carbons (Fsp3) is 0. The van der Waals surface area contributed by atoms with Crippen molar-refractivity contribution in [3.8, 4) is 22.3 Å². The maximum absolute atomic E-state index is 4.04. The Labute approximate surface area is 100 Å². The first-order valence-corrected chi connectivity index (χ1v) is 5.60. The summed E-state index contributed by atoms with van der Waals surface area (Å²) in [4.78, 5) is 0. The average Bonchev–Trinajstić information content (AvgIpc) is 3.02. The van der Waals surface area contributed by atoms with E-state index in [1.165, 1.54) is 22.3 Å². The predicted molar refractivity (Wildman–Crippen MR) is 65.8 cm³/mol. The molecule has 0 atom stereocenters. The fourth-order valence-corrected chi connectivity index (χ4v) is 2.62. The van der Waals surface area contributed by atoms with Crippen molar-refractivity contribution < 1.29 is 0 Å². The van der Waals surface area contributed by atoms with Gasteiger partial charge in [-0.15, -0.1) is 10.2 Å². The molecule has 1 aliphatic carbocycles. The Morgan fingerprint density at radius 2 is 1.06 bits per heavy atom. The van der Waals surface area contributed by atoms with Gasteiger partial charge in [-0.05, 0) is 46.5 Å². The Morgan fingerprint density at radius 3 is 1.56 bits per heavy atom. The summed E-state index contributed by atoms with van der Waals surface area (Å²) in [6, 6.07) is 8.29. The number of hydrogen-bond acceptors (Lipinski definition) is 4. The molecule has 2 aromatic heterocycles. The van der Waals surface area contributed by atoms with Gasteiger partial charge in [-0.1, -0.05) is 10.4 Å². The molecule has 18 heavy (non-hydrogen) atoms. The van der Waals surface area contributed by atoms with Crippen LogP contribution in [0.25, 0.3) is 44.3 Å². The van der Waals surface area contributed by atoms with Gasteiger partial charge in [0, 0.05) is 0 Å². The first-order valence-electron chi connectivity index (χ1n) is 5.60. The molecular weight excluding hydrogens is 228 g/mol. The minimum atomic E-state index is 0.891. The van der Waals surface area contributed by atoms with Crippen molar-refractivity contribution in [3.63, 3.8) is 0 Å². The third-order valence-corrected chi connectivity index (χ3v) is 3.51. The van der Waals surface area contributed by atoms with Crippen molar-refractivity contribution in [1.82, 2.24) is 30.8 Å². The number of aromatic nitrogens is 6. The van der Waals surface area contributed by atoms with Crippen LogP contribution < -0.4 is 0 Å². The van der Waals surface area contributed by atoms with E-state index >= 15 is 0 Å². The topological polar surface area (TPSA) is 83.1 Å². The van der Waals surface area contributed by atoms with E-state index in [1.807, 2.05) is 0 Å². The van der Waals surface area contributed by atoms with Gasteiger partial charge in [0.2, 0.25) is 0 Å². The number of aromatic amines is 2. The molecule has 0 radical (unpaired) electrons. The van der Waals surface area contributed by atoms with Crippen LogP contribution >= 0.6 is 0 Å². The molecule has 6 nitrogen and oxygen atoms in total. The summed E-state index contributed by atoms with van der Waals surface area (Å²) in [7, 11) is 0. The van der Waals surface area contributed by atoms with Crippen LogP contribution in [0.3, 0.4) is 0 Å². The number of fused-ring (bicyclic) bond motifs is 6. The Balaban J connectivity index is 1.90. The number of rotatable bonds is 0. The summed E-state index contributed by atoms with van der Waals surface area (Å²) in [6.07, 6.45) is 0. The Morgan fingerprint density at radius 1 is 0.611 bits per heavy atom. The lowest BCUT2D eigenvalue weighted by atomic mass is 9.80. The summed E-state index contributed by atoms with van der Waals surface area (Å²) in [5.41, 5.74) is 8.55. The molecule has 0 bridgehead atoms. The SMILES string of the molecule is c1c2c(cc3[nH]nnc13)-c1cc3nn[nH]c3cc1-2. The molecule has 5 rings (SSSR count). The minimum absolute atomic E-state index is 0.891. The molecule has 4 aromatic rings. The molecule has 0 unspecified atom stereocenters. The van der Waals surface area contributed by atoms with Gasteiger partial charge in [-0.3, -0.25) is 10.2 Å². The zero-order valence-electron chi connectivity index (χ0n) is 9.10. The molecule has 0 amide bonds. The van der Waals surface area contributed by atoms with Gasteiger partial charge in [0.25, 0.3) is 0 Å². The quantitative estimate of drug-likeness (QED) is 0.428. The second kappa shape index (κ2) is 2.56. The van der Waals surface area contributed by atoms with Crippen LogP contribution in [0.5, 0.6) is 0 Å². The lowest BCUT2D eigenvalue weighted by Crippen LogP contribution is -1.98. The molecule has 1 aliphatic rings. The highest BCUT2D eigenvalue weighted by molar-refractivity contribution is 6.09. The number of H-pyrrole nitrogens is 2. The van der Waals surface area contributed by atoms with Crippen LogP contribution in [0.1, 0.15) is 0 Å². The minimum Gasteiger partial charge on any atom is -0.258 e. The number of nitrogens with zero attached hydrogens (tertiary/aromatic N) is 4. The lowest BCUT2D eigenvalue weighted by molar-refractivity contribution is 0.959. The van der Waals surface area contributed by atoms with E-state index in [2.05, 4.69) is 55.1 Å². The van der Waals surface area contributed by atoms with Crippen LogP contribution in [0.2, 0.25) is 0 Å². The van der Waals surface area contributed by atoms with Gasteiger partial charge in [0.1, 0.15) is 11.0 Å². The van der Waals surface area contributed by atoms with Gasteiger partial charge in [0.15, 0.2) is 0 Å². The first kappa shape index (κ1) is 8.35. The third kappa shape index (κ3) is 0.818. The fourth-order valence-electron chi connectivity index (χ4n) is 2.62. The Hall–Kier alpha value is -2.76. The predicted octanol–water partition coefficient (Wildman–Crippen LogP) is 1.88. The number of benzene rings is 2. The van der Waals surface area contributed by atoms with E-state index in [9.17, 15) is 0 Å². The van der Waals surface area contributed by atoms with Crippen LogP contribution in [0.4, 0.5) is 0 Å². The lowest BCUT2D eigenvalue weighted by Gasteiger charge is -2.23. The van der Waals surface area contributed by atoms with Crippen molar-refractivity contribution in [3.05, 3.63) is 24.3 Å². The zero-order valence-corrected chi connectivity index (χ0v) is 9.10. The van der Waals surface area contributed by atoms with Crippen LogP contribution in [0, 0.1) is 0 Å². The van der Waals surface area contributed by atoms with Crippen LogP contribution in [0.15, 0.2) is 24.3 Å². The van der Waals surface area contributed by atoms with Gasteiger partial charge >= 0.3 is 0 Å². The van der Waals surface area contributed by atoms with E-state index in [0.717, 1.165) is 22.1 Å². The van der Waals surface area contributed by atoms with E-state index in [1.54, 1.807) is 0 Å². The van der Waals surface area contributed by atoms with Crippen LogP contribution in [-0.2, 0) is 0 Å². The van der Waals surface area contributed by atoms with Gasteiger partial charge < -0.3 is 0 Å². The van der Waals surface area contributed by atoms with Crippen molar-refractivity contribution in [1.29, 1.82) is 0 Å². The van der Waals surface area contributed by atoms with Gasteiger partial charge in [-0.2, -0.15) is 0 Å². The highest BCUT2D eigenvalue weighted by Crippen LogP contribution is 2.49. The van der Waals surface area contributed by atoms with E-state index < -0.39 is 0 Å². The van der Waals surface area contributed by atoms with Crippen molar-refractivity contribution >= 4 is 22.1 Å². The molecule has 2 aromatic carbocycles. The van der Waals surface area contributed by atoms with Crippen molar-refractivity contribution in [2.75, 3.05) is 0 Å². The molecule has 6 heteroatoms. The number of nitrogens with one attached hydrogen (secondary N) is 2. The monoisotopic (exact) mass is 234 g/mol. The summed E-state index contributed by atoms with van der Waals surface area (Å²) < 4.78 is 0. The molecule has 0 saturated heterocycles. The average molecular weight is 234 g/mol. The van der Waals surface area contributed by atoms with Crippen LogP contribution in [-0.4, -0.2) is 30.8 Å². The molecule has 0 fully saturated rings. The highest BCUT2D eigenvalue weighted by atomic mass is 15.3. The second-order valence-electron chi connectivity index (χ2n) is 4.45. The zero-order chi connectivity index (χ0) is 11.7. The normalized spacial score (nSPS) is 12.4. The third-order valence-electron chi connectivity index (χ3n) is 3.51. The van der Waals surface area contributed by atoms with Gasteiger partial charge in [0.05, 0.1) is 11.0 Å². The first-order chi connectivity index (χ1) is 8.90. The summed E-state index contributed by atoms with van der Waals surface area (Å²) in [5.74, 6) is 0. The molecular formula is C12H6N6. The molecule has 2 N–H and O–H groups in total. The smallest absolute Gasteiger partial charge is 0.113 e. The highest BCUT2D eigenvalue weighted by Gasteiger charge is 2.24. The van der Waals surface area contributed by atoms with E-state index in [4.69, 9.17) is 0 Å². The molecule has 0 aliphatic heterocycles.